The zero-order chi connectivity index (χ0) is 17.3. The molecule has 1 aromatic rings. The van der Waals surface area contributed by atoms with E-state index in [1.807, 2.05) is 24.3 Å². The molecule has 1 amide bonds. The van der Waals surface area contributed by atoms with E-state index < -0.39 is 22.0 Å². The fourth-order valence-corrected chi connectivity index (χ4v) is 4.84. The van der Waals surface area contributed by atoms with E-state index in [1.165, 1.54) is 9.21 Å². The highest BCUT2D eigenvalue weighted by Gasteiger charge is 2.35. The first-order chi connectivity index (χ1) is 11.4. The number of nitrogens with zero attached hydrogens (tertiary/aromatic N) is 2. The average molecular weight is 352 g/mol. The van der Waals surface area contributed by atoms with Gasteiger partial charge in [0, 0.05) is 32.5 Å². The van der Waals surface area contributed by atoms with Crippen molar-refractivity contribution in [2.24, 2.45) is 0 Å². The average Bonchev–Trinajstić information content (AvgIpc) is 2.89. The maximum atomic E-state index is 12.5. The van der Waals surface area contributed by atoms with E-state index in [4.69, 9.17) is 0 Å². The number of hydrogen-bond acceptors (Lipinski definition) is 4. The number of aliphatic carboxylic acids is 1. The van der Waals surface area contributed by atoms with Crippen LogP contribution in [0.15, 0.2) is 24.3 Å². The second kappa shape index (κ2) is 6.52. The molecule has 1 fully saturated rings. The van der Waals surface area contributed by atoms with Gasteiger partial charge in [0.15, 0.2) is 0 Å². The number of carboxylic acid groups (broad SMARTS) is 1. The molecular formula is C16H20N2O5S. The van der Waals surface area contributed by atoms with Crippen molar-refractivity contribution in [3.05, 3.63) is 35.4 Å². The van der Waals surface area contributed by atoms with E-state index in [1.54, 1.807) is 0 Å². The SMILES string of the molecule is O=C(O)C1Cc2ccccc2CN1C(=O)CCN1CCCS1(=O)=O. The van der Waals surface area contributed by atoms with Gasteiger partial charge in [0.05, 0.1) is 5.75 Å². The van der Waals surface area contributed by atoms with Crippen LogP contribution in [0, 0.1) is 0 Å². The van der Waals surface area contributed by atoms with Gasteiger partial charge in [-0.15, -0.1) is 0 Å². The Bertz CT molecular complexity index is 761. The van der Waals surface area contributed by atoms with Crippen molar-refractivity contribution in [3.63, 3.8) is 0 Å². The molecule has 8 heteroatoms. The topological polar surface area (TPSA) is 95.0 Å². The fraction of sp³-hybridized carbons (Fsp3) is 0.500. The second-order valence-electron chi connectivity index (χ2n) is 6.17. The van der Waals surface area contributed by atoms with Gasteiger partial charge in [0.1, 0.15) is 6.04 Å². The van der Waals surface area contributed by atoms with Crippen LogP contribution in [0.4, 0.5) is 0 Å². The molecular weight excluding hydrogens is 332 g/mol. The summed E-state index contributed by atoms with van der Waals surface area (Å²) in [5.74, 6) is -1.23. The first-order valence-corrected chi connectivity index (χ1v) is 9.56. The highest BCUT2D eigenvalue weighted by atomic mass is 32.2. The normalized spacial score (nSPS) is 23.0. The predicted octanol–water partition coefficient (Wildman–Crippen LogP) is 0.450. The number of fused-ring (bicyclic) bond motifs is 1. The molecule has 0 bridgehead atoms. The van der Waals surface area contributed by atoms with Gasteiger partial charge in [0.2, 0.25) is 15.9 Å². The van der Waals surface area contributed by atoms with Gasteiger partial charge in [-0.1, -0.05) is 24.3 Å². The van der Waals surface area contributed by atoms with E-state index in [9.17, 15) is 23.1 Å². The molecule has 2 aliphatic rings. The van der Waals surface area contributed by atoms with Crippen LogP contribution in [0.2, 0.25) is 0 Å². The van der Waals surface area contributed by atoms with E-state index in [0.717, 1.165) is 11.1 Å². The van der Waals surface area contributed by atoms with E-state index >= 15 is 0 Å². The summed E-state index contributed by atoms with van der Waals surface area (Å²) in [7, 11) is -3.25. The molecule has 24 heavy (non-hydrogen) atoms. The summed E-state index contributed by atoms with van der Waals surface area (Å²) in [6, 6.07) is 6.58. The van der Waals surface area contributed by atoms with Crippen LogP contribution in [0.25, 0.3) is 0 Å². The van der Waals surface area contributed by atoms with Gasteiger partial charge in [-0.05, 0) is 17.5 Å². The summed E-state index contributed by atoms with van der Waals surface area (Å²) in [6.07, 6.45) is 0.857. The van der Waals surface area contributed by atoms with Crippen LogP contribution >= 0.6 is 0 Å². The largest absolute Gasteiger partial charge is 0.480 e. The third-order valence-corrected chi connectivity index (χ3v) is 6.59. The quantitative estimate of drug-likeness (QED) is 0.849. The molecule has 1 saturated heterocycles. The molecule has 2 aliphatic heterocycles. The number of carbonyl (C=O) groups is 2. The molecule has 2 heterocycles. The molecule has 7 nitrogen and oxygen atoms in total. The molecule has 1 N–H and O–H groups in total. The Hall–Kier alpha value is -1.93. The molecule has 0 aromatic heterocycles. The molecule has 0 spiro atoms. The van der Waals surface area contributed by atoms with Crippen molar-refractivity contribution in [2.45, 2.75) is 31.8 Å². The van der Waals surface area contributed by atoms with E-state index in [-0.39, 0.29) is 37.6 Å². The lowest BCUT2D eigenvalue weighted by molar-refractivity contribution is -0.151. The summed E-state index contributed by atoms with van der Waals surface area (Å²) in [5, 5.41) is 9.45. The maximum absolute atomic E-state index is 12.5. The van der Waals surface area contributed by atoms with Crippen LogP contribution in [0.1, 0.15) is 24.0 Å². The Morgan fingerprint density at radius 1 is 1.21 bits per heavy atom. The molecule has 0 aliphatic carbocycles. The van der Waals surface area contributed by atoms with Crippen LogP contribution in [-0.4, -0.2) is 59.5 Å². The third-order valence-electron chi connectivity index (χ3n) is 4.63. The minimum Gasteiger partial charge on any atom is -0.480 e. The second-order valence-corrected chi connectivity index (χ2v) is 8.26. The third kappa shape index (κ3) is 3.29. The van der Waals surface area contributed by atoms with Gasteiger partial charge in [0.25, 0.3) is 0 Å². The molecule has 3 rings (SSSR count). The van der Waals surface area contributed by atoms with Crippen molar-refractivity contribution in [2.75, 3.05) is 18.8 Å². The van der Waals surface area contributed by atoms with Crippen LogP contribution < -0.4 is 0 Å². The van der Waals surface area contributed by atoms with Crippen LogP contribution in [0.3, 0.4) is 0 Å². The maximum Gasteiger partial charge on any atom is 0.326 e. The molecule has 1 aromatic carbocycles. The lowest BCUT2D eigenvalue weighted by Gasteiger charge is -2.34. The number of amides is 1. The van der Waals surface area contributed by atoms with E-state index in [2.05, 4.69) is 0 Å². The Labute approximate surface area is 140 Å². The van der Waals surface area contributed by atoms with Gasteiger partial charge in [-0.3, -0.25) is 4.79 Å². The molecule has 1 atom stereocenters. The summed E-state index contributed by atoms with van der Waals surface area (Å²) >= 11 is 0. The number of hydrogen-bond donors (Lipinski definition) is 1. The van der Waals surface area contributed by atoms with Crippen molar-refractivity contribution in [1.29, 1.82) is 0 Å². The van der Waals surface area contributed by atoms with Crippen molar-refractivity contribution in [3.8, 4) is 0 Å². The number of rotatable bonds is 4. The van der Waals surface area contributed by atoms with Crippen LogP contribution in [-0.2, 0) is 32.6 Å². The highest BCUT2D eigenvalue weighted by molar-refractivity contribution is 7.89. The summed E-state index contributed by atoms with van der Waals surface area (Å²) < 4.78 is 24.9. The first kappa shape index (κ1) is 16.9. The lowest BCUT2D eigenvalue weighted by Crippen LogP contribution is -2.49. The number of carboxylic acids is 1. The van der Waals surface area contributed by atoms with Crippen molar-refractivity contribution >= 4 is 21.9 Å². The Kier molecular flexibility index (Phi) is 4.60. The van der Waals surface area contributed by atoms with Gasteiger partial charge in [-0.25, -0.2) is 17.5 Å². The lowest BCUT2D eigenvalue weighted by atomic mass is 9.93. The van der Waals surface area contributed by atoms with Gasteiger partial charge in [-0.2, -0.15) is 0 Å². The Morgan fingerprint density at radius 2 is 1.92 bits per heavy atom. The van der Waals surface area contributed by atoms with Crippen molar-refractivity contribution in [1.82, 2.24) is 9.21 Å². The van der Waals surface area contributed by atoms with Crippen molar-refractivity contribution < 1.29 is 23.1 Å². The zero-order valence-corrected chi connectivity index (χ0v) is 14.0. The molecule has 130 valence electrons. The number of benzene rings is 1. The monoisotopic (exact) mass is 352 g/mol. The smallest absolute Gasteiger partial charge is 0.326 e. The zero-order valence-electron chi connectivity index (χ0n) is 13.2. The van der Waals surface area contributed by atoms with Gasteiger partial charge < -0.3 is 10.0 Å². The minimum absolute atomic E-state index is 0.00514. The molecule has 0 radical (unpaired) electrons. The van der Waals surface area contributed by atoms with Crippen LogP contribution in [0.5, 0.6) is 0 Å². The van der Waals surface area contributed by atoms with E-state index in [0.29, 0.717) is 13.0 Å². The molecule has 1 unspecified atom stereocenters. The van der Waals surface area contributed by atoms with Gasteiger partial charge >= 0.3 is 5.97 Å². The Balaban J connectivity index is 1.72. The summed E-state index contributed by atoms with van der Waals surface area (Å²) in [6.45, 7) is 0.797. The fourth-order valence-electron chi connectivity index (χ4n) is 3.31. The first-order valence-electron chi connectivity index (χ1n) is 7.95. The molecule has 0 saturated carbocycles. The predicted molar refractivity (Wildman–Crippen MR) is 86.7 cm³/mol. The Morgan fingerprint density at radius 3 is 2.54 bits per heavy atom. The standard InChI is InChI=1S/C16H20N2O5S/c19-15(6-8-17-7-3-9-24(17,22)23)18-11-13-5-2-1-4-12(13)10-14(18)16(20)21/h1-2,4-5,14H,3,6-11H2,(H,20,21). The number of sulfonamides is 1. The summed E-state index contributed by atoms with van der Waals surface area (Å²) in [5.41, 5.74) is 1.88. The summed E-state index contributed by atoms with van der Waals surface area (Å²) in [4.78, 5) is 25.4. The minimum atomic E-state index is -3.25. The number of carbonyl (C=O) groups excluding carboxylic acids is 1. The highest BCUT2D eigenvalue weighted by Crippen LogP contribution is 2.24.